The number of nitrogens with one attached hydrogen (secondary N) is 2. The van der Waals surface area contributed by atoms with E-state index in [2.05, 4.69) is 10.6 Å². The summed E-state index contributed by atoms with van der Waals surface area (Å²) in [5, 5.41) is 14.5. The Balaban J connectivity index is 2.33. The van der Waals surface area contributed by atoms with Gasteiger partial charge in [-0.2, -0.15) is 0 Å². The molecule has 0 unspecified atom stereocenters. The van der Waals surface area contributed by atoms with Crippen LogP contribution in [0.5, 0.6) is 0 Å². The number of amides is 2. The molecule has 1 aromatic carbocycles. The first-order chi connectivity index (χ1) is 13.1. The fraction of sp³-hybridized carbons (Fsp3) is 0.550. The molecule has 8 heteroatoms. The molecule has 0 saturated heterocycles. The number of rotatable bonds is 10. The van der Waals surface area contributed by atoms with Gasteiger partial charge >= 0.3 is 12.1 Å². The van der Waals surface area contributed by atoms with Gasteiger partial charge in [0.2, 0.25) is 5.91 Å². The quantitative estimate of drug-likeness (QED) is 0.449. The summed E-state index contributed by atoms with van der Waals surface area (Å²) in [6.07, 6.45) is 1.33. The average Bonchev–Trinajstić information content (AvgIpc) is 2.59. The molecule has 1 rings (SSSR count). The number of carboxylic acid groups (broad SMARTS) is 1. The van der Waals surface area contributed by atoms with Gasteiger partial charge in [-0.25, -0.2) is 9.59 Å². The molecule has 0 aromatic heterocycles. The highest BCUT2D eigenvalue weighted by Crippen LogP contribution is 2.07. The second-order valence-corrected chi connectivity index (χ2v) is 7.62. The predicted molar refractivity (Wildman–Crippen MR) is 106 cm³/mol. The Morgan fingerprint density at radius 1 is 1.14 bits per heavy atom. The van der Waals surface area contributed by atoms with Crippen molar-refractivity contribution in [3.8, 4) is 0 Å². The third kappa shape index (κ3) is 9.91. The monoisotopic (exact) mass is 393 g/mol. The van der Waals surface area contributed by atoms with Gasteiger partial charge in [-0.15, -0.1) is 0 Å². The van der Waals surface area contributed by atoms with Crippen LogP contribution in [0.2, 0.25) is 0 Å². The molecule has 0 heterocycles. The molecule has 2 amide bonds. The van der Waals surface area contributed by atoms with E-state index >= 15 is 0 Å². The molecule has 0 fully saturated rings. The maximum Gasteiger partial charge on any atom is 0.407 e. The molecule has 28 heavy (non-hydrogen) atoms. The third-order valence-corrected chi connectivity index (χ3v) is 3.84. The molecule has 0 saturated carbocycles. The van der Waals surface area contributed by atoms with Crippen LogP contribution >= 0.6 is 0 Å². The molecule has 5 N–H and O–H groups in total. The van der Waals surface area contributed by atoms with Crippen LogP contribution in [0.25, 0.3) is 0 Å². The first kappa shape index (κ1) is 23.4. The van der Waals surface area contributed by atoms with E-state index in [1.165, 1.54) is 0 Å². The molecule has 0 bridgehead atoms. The summed E-state index contributed by atoms with van der Waals surface area (Å²) in [7, 11) is 0. The van der Waals surface area contributed by atoms with Crippen molar-refractivity contribution in [1.29, 1.82) is 0 Å². The van der Waals surface area contributed by atoms with Gasteiger partial charge in [0.25, 0.3) is 0 Å². The number of carbonyl (C=O) groups excluding carboxylic acids is 2. The summed E-state index contributed by atoms with van der Waals surface area (Å²) in [6.45, 7) is 5.76. The third-order valence-electron chi connectivity index (χ3n) is 3.84. The number of carboxylic acids is 1. The van der Waals surface area contributed by atoms with Crippen molar-refractivity contribution in [2.45, 2.75) is 64.1 Å². The smallest absolute Gasteiger partial charge is 0.407 e. The number of ether oxygens (including phenoxy) is 1. The second kappa shape index (κ2) is 11.3. The fourth-order valence-corrected chi connectivity index (χ4v) is 2.45. The Bertz CT molecular complexity index is 643. The zero-order chi connectivity index (χ0) is 21.2. The molecule has 156 valence electrons. The Morgan fingerprint density at radius 2 is 1.79 bits per heavy atom. The lowest BCUT2D eigenvalue weighted by molar-refractivity contribution is -0.142. The van der Waals surface area contributed by atoms with Gasteiger partial charge in [0, 0.05) is 13.0 Å². The number of hydrogen-bond donors (Lipinski definition) is 4. The van der Waals surface area contributed by atoms with E-state index in [4.69, 9.17) is 10.5 Å². The summed E-state index contributed by atoms with van der Waals surface area (Å²) in [6, 6.07) is 7.24. The van der Waals surface area contributed by atoms with Crippen LogP contribution < -0.4 is 16.4 Å². The standard InChI is InChI=1S/C20H31N3O5/c1-20(2,3)28-19(27)22-12-8-7-11-15(21)17(24)23-16(18(25)26)13-14-9-5-4-6-10-14/h4-6,9-10,15-16H,7-8,11-13,21H2,1-3H3,(H,22,27)(H,23,24)(H,25,26)/t15-,16-/m0/s1. The summed E-state index contributed by atoms with van der Waals surface area (Å²) in [5.74, 6) is -1.60. The van der Waals surface area contributed by atoms with Crippen LogP contribution in [0.1, 0.15) is 45.6 Å². The van der Waals surface area contributed by atoms with Gasteiger partial charge < -0.3 is 26.2 Å². The zero-order valence-corrected chi connectivity index (χ0v) is 16.7. The van der Waals surface area contributed by atoms with Crippen LogP contribution in [-0.4, -0.2) is 47.3 Å². The zero-order valence-electron chi connectivity index (χ0n) is 16.7. The molecule has 0 radical (unpaired) electrons. The van der Waals surface area contributed by atoms with E-state index < -0.39 is 35.7 Å². The van der Waals surface area contributed by atoms with E-state index in [1.54, 1.807) is 32.9 Å². The number of hydrogen-bond acceptors (Lipinski definition) is 5. The van der Waals surface area contributed by atoms with Gasteiger partial charge in [0.05, 0.1) is 6.04 Å². The highest BCUT2D eigenvalue weighted by atomic mass is 16.6. The Labute approximate surface area is 165 Å². The van der Waals surface area contributed by atoms with E-state index in [0.717, 1.165) is 5.56 Å². The van der Waals surface area contributed by atoms with Gasteiger partial charge in [-0.1, -0.05) is 30.3 Å². The number of nitrogens with two attached hydrogens (primary N) is 1. The molecule has 0 aliphatic heterocycles. The lowest BCUT2D eigenvalue weighted by Gasteiger charge is -2.20. The molecular formula is C20H31N3O5. The lowest BCUT2D eigenvalue weighted by Crippen LogP contribution is -2.49. The van der Waals surface area contributed by atoms with Gasteiger partial charge in [-0.05, 0) is 45.6 Å². The molecule has 2 atom stereocenters. The maximum absolute atomic E-state index is 12.2. The minimum atomic E-state index is -1.11. The van der Waals surface area contributed by atoms with Crippen molar-refractivity contribution in [3.63, 3.8) is 0 Å². The normalized spacial score (nSPS) is 13.3. The number of carbonyl (C=O) groups is 3. The second-order valence-electron chi connectivity index (χ2n) is 7.62. The minimum absolute atomic E-state index is 0.189. The van der Waals surface area contributed by atoms with Crippen molar-refractivity contribution < 1.29 is 24.2 Å². The van der Waals surface area contributed by atoms with Crippen molar-refractivity contribution in [2.75, 3.05) is 6.54 Å². The summed E-state index contributed by atoms with van der Waals surface area (Å²) >= 11 is 0. The van der Waals surface area contributed by atoms with Crippen molar-refractivity contribution in [3.05, 3.63) is 35.9 Å². The number of benzene rings is 1. The fourth-order valence-electron chi connectivity index (χ4n) is 2.45. The summed E-state index contributed by atoms with van der Waals surface area (Å²) in [4.78, 5) is 35.1. The van der Waals surface area contributed by atoms with Crippen molar-refractivity contribution >= 4 is 18.0 Å². The van der Waals surface area contributed by atoms with E-state index in [1.807, 2.05) is 18.2 Å². The molecular weight excluding hydrogens is 362 g/mol. The highest BCUT2D eigenvalue weighted by Gasteiger charge is 2.23. The maximum atomic E-state index is 12.2. The van der Waals surface area contributed by atoms with E-state index in [9.17, 15) is 19.5 Å². The molecule has 0 aliphatic rings. The number of alkyl carbamates (subject to hydrolysis) is 1. The first-order valence-electron chi connectivity index (χ1n) is 9.38. The van der Waals surface area contributed by atoms with Gasteiger partial charge in [-0.3, -0.25) is 4.79 Å². The summed E-state index contributed by atoms with van der Waals surface area (Å²) in [5.41, 5.74) is 6.13. The topological polar surface area (TPSA) is 131 Å². The Kier molecular flexibility index (Phi) is 9.44. The van der Waals surface area contributed by atoms with Crippen LogP contribution in [0.4, 0.5) is 4.79 Å². The lowest BCUT2D eigenvalue weighted by atomic mass is 10.0. The Hall–Kier alpha value is -2.61. The highest BCUT2D eigenvalue weighted by molar-refractivity contribution is 5.86. The van der Waals surface area contributed by atoms with Crippen LogP contribution in [-0.2, 0) is 20.7 Å². The van der Waals surface area contributed by atoms with Crippen LogP contribution in [0.15, 0.2) is 30.3 Å². The number of unbranched alkanes of at least 4 members (excludes halogenated alkanes) is 1. The molecule has 0 spiro atoms. The SMILES string of the molecule is CC(C)(C)OC(=O)NCCCC[C@H](N)C(=O)N[C@@H](Cc1ccccc1)C(=O)O. The summed E-state index contributed by atoms with van der Waals surface area (Å²) < 4.78 is 5.12. The predicted octanol–water partition coefficient (Wildman–Crippen LogP) is 1.82. The van der Waals surface area contributed by atoms with E-state index in [-0.39, 0.29) is 6.42 Å². The van der Waals surface area contributed by atoms with Gasteiger partial charge in [0.1, 0.15) is 11.6 Å². The molecule has 8 nitrogen and oxygen atoms in total. The number of aliphatic carboxylic acids is 1. The Morgan fingerprint density at radius 3 is 2.36 bits per heavy atom. The first-order valence-corrected chi connectivity index (χ1v) is 9.38. The van der Waals surface area contributed by atoms with Crippen LogP contribution in [0.3, 0.4) is 0 Å². The largest absolute Gasteiger partial charge is 0.480 e. The molecule has 0 aliphatic carbocycles. The minimum Gasteiger partial charge on any atom is -0.480 e. The average molecular weight is 393 g/mol. The van der Waals surface area contributed by atoms with Crippen molar-refractivity contribution in [1.82, 2.24) is 10.6 Å². The molecule has 1 aromatic rings. The van der Waals surface area contributed by atoms with E-state index in [0.29, 0.717) is 25.8 Å². The van der Waals surface area contributed by atoms with Crippen LogP contribution in [0, 0.1) is 0 Å². The van der Waals surface area contributed by atoms with Gasteiger partial charge in [0.15, 0.2) is 0 Å². The van der Waals surface area contributed by atoms with Crippen molar-refractivity contribution in [2.24, 2.45) is 5.73 Å².